The van der Waals surface area contributed by atoms with Crippen molar-refractivity contribution in [2.45, 2.75) is 6.42 Å². The zero-order valence-corrected chi connectivity index (χ0v) is 11.9. The Morgan fingerprint density at radius 1 is 1.05 bits per heavy atom. The molecule has 1 heterocycles. The molecule has 2 rings (SSSR count). The second-order valence-electron chi connectivity index (χ2n) is 4.28. The van der Waals surface area contributed by atoms with Gasteiger partial charge in [-0.15, -0.1) is 0 Å². The fourth-order valence-electron chi connectivity index (χ4n) is 1.71. The van der Waals surface area contributed by atoms with Gasteiger partial charge >= 0.3 is 5.69 Å². The van der Waals surface area contributed by atoms with Crippen molar-refractivity contribution in [3.63, 3.8) is 0 Å². The fourth-order valence-corrected chi connectivity index (χ4v) is 1.71. The molecule has 0 atom stereocenters. The first-order valence-electron chi connectivity index (χ1n) is 6.79. The van der Waals surface area contributed by atoms with E-state index in [4.69, 9.17) is 10.00 Å². The molecule has 5 nitrogen and oxygen atoms in total. The highest BCUT2D eigenvalue weighted by molar-refractivity contribution is 5.29. The molecule has 0 spiro atoms. The Morgan fingerprint density at radius 3 is 2.27 bits per heavy atom. The summed E-state index contributed by atoms with van der Waals surface area (Å²) in [5.41, 5.74) is 0.257. The highest BCUT2D eigenvalue weighted by Gasteiger charge is 2.02. The molecule has 0 N–H and O–H groups in total. The molecule has 0 radical (unpaired) electrons. The van der Waals surface area contributed by atoms with E-state index >= 15 is 0 Å². The highest BCUT2D eigenvalue weighted by atomic mass is 16.5. The lowest BCUT2D eigenvalue weighted by Gasteiger charge is -2.05. The molecule has 0 amide bonds. The van der Waals surface area contributed by atoms with Gasteiger partial charge in [-0.25, -0.2) is 4.79 Å². The summed E-state index contributed by atoms with van der Waals surface area (Å²) in [5.74, 6) is 0.222. The number of hydrogen-bond donors (Lipinski definition) is 0. The molecular weight excluding hydrogens is 278 g/mol. The van der Waals surface area contributed by atoms with Gasteiger partial charge in [-0.05, 0) is 12.1 Å². The molecule has 110 valence electrons. The maximum absolute atomic E-state index is 12.1. The normalized spacial score (nSPS) is 9.41. The van der Waals surface area contributed by atoms with Crippen LogP contribution < -0.4 is 10.4 Å². The van der Waals surface area contributed by atoms with Crippen molar-refractivity contribution < 1.29 is 4.74 Å². The van der Waals surface area contributed by atoms with Crippen LogP contribution in [-0.2, 0) is 0 Å². The molecule has 0 saturated carbocycles. The lowest BCUT2D eigenvalue weighted by Crippen LogP contribution is -2.21. The van der Waals surface area contributed by atoms with Crippen molar-refractivity contribution in [2.24, 2.45) is 0 Å². The summed E-state index contributed by atoms with van der Waals surface area (Å²) >= 11 is 0. The molecule has 22 heavy (non-hydrogen) atoms. The summed E-state index contributed by atoms with van der Waals surface area (Å²) in [4.78, 5) is 16.0. The second-order valence-corrected chi connectivity index (χ2v) is 4.28. The Labute approximate surface area is 128 Å². The molecule has 0 aliphatic carbocycles. The van der Waals surface area contributed by atoms with Gasteiger partial charge < -0.3 is 4.74 Å². The van der Waals surface area contributed by atoms with Gasteiger partial charge in [0, 0.05) is 12.3 Å². The first kappa shape index (κ1) is 15.3. The number of rotatable bonds is 4. The summed E-state index contributed by atoms with van der Waals surface area (Å²) in [7, 11) is 0. The number of nitrogens with zero attached hydrogens (tertiary/aromatic N) is 3. The van der Waals surface area contributed by atoms with Gasteiger partial charge in [0.2, 0.25) is 5.88 Å². The van der Waals surface area contributed by atoms with Gasteiger partial charge in [-0.2, -0.15) is 10.2 Å². The number of aromatic nitrogens is 2. The van der Waals surface area contributed by atoms with E-state index in [0.29, 0.717) is 5.69 Å². The largest absolute Gasteiger partial charge is 0.476 e. The maximum atomic E-state index is 12.1. The summed E-state index contributed by atoms with van der Waals surface area (Å²) in [6.45, 7) is 0.218. The quantitative estimate of drug-likeness (QED) is 0.813. The summed E-state index contributed by atoms with van der Waals surface area (Å²) in [6, 6.07) is 20.4. The zero-order chi connectivity index (χ0) is 15.6. The van der Waals surface area contributed by atoms with Crippen molar-refractivity contribution in [3.05, 3.63) is 77.3 Å². The van der Waals surface area contributed by atoms with Crippen molar-refractivity contribution in [2.75, 3.05) is 6.61 Å². The summed E-state index contributed by atoms with van der Waals surface area (Å²) in [5, 5.41) is 8.46. The lowest BCUT2D eigenvalue weighted by molar-refractivity contribution is 0.311. The molecule has 0 unspecified atom stereocenters. The standard InChI is InChI=1S/C17H15N3O2/c18-12-8-14-22-16-11-13-20(17(21)19-16)15-9-6-4-2-1-3-5-7-10-15/h1-7,9-11,13H,8,14H2. The van der Waals surface area contributed by atoms with Gasteiger partial charge in [-0.3, -0.25) is 4.57 Å². The highest BCUT2D eigenvalue weighted by Crippen LogP contribution is 2.06. The smallest absolute Gasteiger partial charge is 0.355 e. The summed E-state index contributed by atoms with van der Waals surface area (Å²) in [6.07, 6.45) is 1.86. The van der Waals surface area contributed by atoms with E-state index in [2.05, 4.69) is 4.98 Å². The fraction of sp³-hybridized carbons (Fsp3) is 0.118. The zero-order valence-electron chi connectivity index (χ0n) is 11.9. The Hall–Kier alpha value is -3.13. The molecule has 0 bridgehead atoms. The van der Waals surface area contributed by atoms with Crippen LogP contribution in [0.15, 0.2) is 71.7 Å². The third kappa shape index (κ3) is 4.46. The maximum Gasteiger partial charge on any atom is 0.355 e. The summed E-state index contributed by atoms with van der Waals surface area (Å²) < 4.78 is 6.66. The van der Waals surface area contributed by atoms with Crippen molar-refractivity contribution >= 4 is 0 Å². The first-order valence-corrected chi connectivity index (χ1v) is 6.79. The average Bonchev–Trinajstić information content (AvgIpc) is 2.53. The van der Waals surface area contributed by atoms with Crippen LogP contribution in [0.3, 0.4) is 0 Å². The van der Waals surface area contributed by atoms with Crippen molar-refractivity contribution in [1.29, 1.82) is 5.26 Å². The lowest BCUT2D eigenvalue weighted by atomic mass is 10.3. The Balaban J connectivity index is 2.34. The first-order chi connectivity index (χ1) is 10.8. The van der Waals surface area contributed by atoms with Crippen LogP contribution in [0.1, 0.15) is 6.42 Å². The van der Waals surface area contributed by atoms with E-state index < -0.39 is 5.69 Å². The van der Waals surface area contributed by atoms with Gasteiger partial charge in [0.15, 0.2) is 0 Å². The molecule has 0 aliphatic rings. The number of ether oxygens (including phenoxy) is 1. The molecule has 0 aliphatic heterocycles. The van der Waals surface area contributed by atoms with Crippen LogP contribution >= 0.6 is 0 Å². The topological polar surface area (TPSA) is 67.9 Å². The van der Waals surface area contributed by atoms with E-state index in [1.807, 2.05) is 60.7 Å². The Kier molecular flexibility index (Phi) is 5.70. The van der Waals surface area contributed by atoms with Crippen LogP contribution in [0.4, 0.5) is 0 Å². The third-order valence-corrected chi connectivity index (χ3v) is 2.72. The van der Waals surface area contributed by atoms with E-state index in [1.54, 1.807) is 12.3 Å². The van der Waals surface area contributed by atoms with E-state index in [0.717, 1.165) is 0 Å². The number of hydrogen-bond acceptors (Lipinski definition) is 4. The molecular formula is C17H15N3O2. The second kappa shape index (κ2) is 8.22. The van der Waals surface area contributed by atoms with E-state index in [9.17, 15) is 4.79 Å². The van der Waals surface area contributed by atoms with Gasteiger partial charge in [-0.1, -0.05) is 42.5 Å². The Morgan fingerprint density at radius 2 is 1.68 bits per heavy atom. The molecule has 1 aromatic heterocycles. The average molecular weight is 293 g/mol. The molecule has 0 fully saturated rings. The van der Waals surface area contributed by atoms with Gasteiger partial charge in [0.25, 0.3) is 0 Å². The number of nitriles is 1. The van der Waals surface area contributed by atoms with E-state index in [1.165, 1.54) is 4.57 Å². The Bertz CT molecular complexity index is 752. The van der Waals surface area contributed by atoms with Crippen molar-refractivity contribution in [3.8, 4) is 17.6 Å². The van der Waals surface area contributed by atoms with Gasteiger partial charge in [0.05, 0.1) is 18.2 Å². The van der Waals surface area contributed by atoms with Crippen LogP contribution in [-0.4, -0.2) is 16.2 Å². The van der Waals surface area contributed by atoms with Crippen LogP contribution in [0, 0.1) is 11.3 Å². The van der Waals surface area contributed by atoms with Crippen LogP contribution in [0.5, 0.6) is 5.88 Å². The molecule has 5 heteroatoms. The minimum Gasteiger partial charge on any atom is -0.476 e. The molecule has 1 aromatic carbocycles. The third-order valence-electron chi connectivity index (χ3n) is 2.72. The van der Waals surface area contributed by atoms with E-state index in [-0.39, 0.29) is 18.9 Å². The minimum absolute atomic E-state index is 0.218. The van der Waals surface area contributed by atoms with Gasteiger partial charge in [0.1, 0.15) is 6.61 Å². The minimum atomic E-state index is -0.435. The monoisotopic (exact) mass is 293 g/mol. The van der Waals surface area contributed by atoms with Crippen LogP contribution in [0.25, 0.3) is 5.69 Å². The predicted octanol–water partition coefficient (Wildman–Crippen LogP) is 2.65. The molecule has 0 saturated heterocycles. The SMILES string of the molecule is N#CCCOc1ccn(-c2ccccccccc2)c(=O)n1. The van der Waals surface area contributed by atoms with Crippen LogP contribution in [0.2, 0.25) is 0 Å². The molecule has 2 aromatic rings. The van der Waals surface area contributed by atoms with Crippen molar-refractivity contribution in [1.82, 2.24) is 9.55 Å². The predicted molar refractivity (Wildman–Crippen MR) is 83.2 cm³/mol.